The third-order valence-corrected chi connectivity index (χ3v) is 8.13. The molecule has 5 heterocycles. The summed E-state index contributed by atoms with van der Waals surface area (Å²) >= 11 is 3.59. The van der Waals surface area contributed by atoms with Gasteiger partial charge in [-0.1, -0.05) is 25.1 Å². The first-order valence-corrected chi connectivity index (χ1v) is 12.5. The second-order valence-electron chi connectivity index (χ2n) is 9.87. The Morgan fingerprint density at radius 3 is 2.91 bits per heavy atom. The number of piperidine rings is 1. The van der Waals surface area contributed by atoms with E-state index in [-0.39, 0.29) is 35.7 Å². The highest BCUT2D eigenvalue weighted by Gasteiger charge is 2.62. The summed E-state index contributed by atoms with van der Waals surface area (Å²) in [6.45, 7) is 4.90. The molecule has 3 aromatic rings. The average molecular weight is 524 g/mol. The average Bonchev–Trinajstić information content (AvgIpc) is 3.16. The van der Waals surface area contributed by atoms with Crippen molar-refractivity contribution in [2.45, 2.75) is 51.7 Å². The maximum absolute atomic E-state index is 13.7. The van der Waals surface area contributed by atoms with Gasteiger partial charge in [0.05, 0.1) is 6.61 Å². The monoisotopic (exact) mass is 523 g/mol. The van der Waals surface area contributed by atoms with E-state index < -0.39 is 0 Å². The molecule has 1 aliphatic carbocycles. The molecule has 9 heteroatoms. The minimum absolute atomic E-state index is 0.0175. The van der Waals surface area contributed by atoms with Gasteiger partial charge >= 0.3 is 0 Å². The predicted molar refractivity (Wildman–Crippen MR) is 131 cm³/mol. The molecule has 3 unspecified atom stereocenters. The number of rotatable bonds is 1. The number of ketones is 1. The fourth-order valence-electron chi connectivity index (χ4n) is 5.62. The van der Waals surface area contributed by atoms with Crippen molar-refractivity contribution < 1.29 is 14.3 Å². The first-order chi connectivity index (χ1) is 16.3. The number of aromatic nitrogens is 3. The Balaban J connectivity index is 1.45. The number of anilines is 1. The topological polar surface area (TPSA) is 89.3 Å². The lowest BCUT2D eigenvalue weighted by molar-refractivity contribution is -0.133. The molecule has 1 saturated carbocycles. The maximum atomic E-state index is 13.7. The fourth-order valence-corrected chi connectivity index (χ4v) is 6.14. The lowest BCUT2D eigenvalue weighted by Gasteiger charge is -2.28. The predicted octanol–water partition coefficient (Wildman–Crippen LogP) is 3.82. The molecule has 8 nitrogen and oxygen atoms in total. The number of Topliss-reactive ketones (excluding diaryl/α,β-unsaturated/α-hetero) is 1. The van der Waals surface area contributed by atoms with E-state index in [0.717, 1.165) is 28.8 Å². The molecule has 1 N–H and O–H groups in total. The van der Waals surface area contributed by atoms with E-state index >= 15 is 0 Å². The van der Waals surface area contributed by atoms with Crippen LogP contribution in [0.2, 0.25) is 0 Å². The van der Waals surface area contributed by atoms with Crippen molar-refractivity contribution >= 4 is 44.3 Å². The van der Waals surface area contributed by atoms with Crippen LogP contribution in [-0.2, 0) is 17.8 Å². The molecule has 3 aliphatic heterocycles. The summed E-state index contributed by atoms with van der Waals surface area (Å²) in [5, 5.41) is 8.71. The number of carbonyl (C=O) groups is 2. The van der Waals surface area contributed by atoms with Gasteiger partial charge in [-0.15, -0.1) is 0 Å². The van der Waals surface area contributed by atoms with Crippen molar-refractivity contribution in [3.8, 4) is 5.75 Å². The van der Waals surface area contributed by atoms with Gasteiger partial charge in [0.2, 0.25) is 5.91 Å². The van der Waals surface area contributed by atoms with Crippen molar-refractivity contribution in [3.63, 3.8) is 0 Å². The molecule has 1 aromatic carbocycles. The number of amides is 1. The molecule has 4 aliphatic rings. The molecule has 0 spiro atoms. The van der Waals surface area contributed by atoms with Crippen molar-refractivity contribution in [2.75, 3.05) is 18.5 Å². The molecule has 2 fully saturated rings. The third-order valence-electron chi connectivity index (χ3n) is 7.45. The number of para-hydroxylation sites is 1. The van der Waals surface area contributed by atoms with E-state index in [1.807, 2.05) is 35.2 Å². The fraction of sp³-hybridized carbons (Fsp3) is 0.440. The van der Waals surface area contributed by atoms with Gasteiger partial charge in [0.1, 0.15) is 33.9 Å². The molecule has 1 amide bonds. The standard InChI is InChI=1S/C25H26BrN5O3/c1-14(32)22-17-4-3-5-18-23(17)30(29-22)13-21(33)31-16(10-25(2)11-19(25)31)12-27-20-7-6-15(8-9-34-18)24(26)28-20/h3-7,16,19H,8-13H2,1-2H3,(H,27,28). The van der Waals surface area contributed by atoms with Gasteiger partial charge in [0.15, 0.2) is 5.78 Å². The number of benzene rings is 1. The maximum Gasteiger partial charge on any atom is 0.244 e. The second-order valence-corrected chi connectivity index (χ2v) is 10.6. The highest BCUT2D eigenvalue weighted by atomic mass is 79.9. The van der Waals surface area contributed by atoms with Gasteiger partial charge in [-0.05, 0) is 51.9 Å². The summed E-state index contributed by atoms with van der Waals surface area (Å²) in [4.78, 5) is 32.7. The molecule has 7 rings (SSSR count). The Kier molecular flexibility index (Phi) is 4.95. The van der Waals surface area contributed by atoms with E-state index in [4.69, 9.17) is 4.74 Å². The zero-order valence-electron chi connectivity index (χ0n) is 19.2. The van der Waals surface area contributed by atoms with Gasteiger partial charge in [-0.3, -0.25) is 14.3 Å². The van der Waals surface area contributed by atoms with Gasteiger partial charge in [0.25, 0.3) is 0 Å². The Morgan fingerprint density at radius 1 is 1.26 bits per heavy atom. The van der Waals surface area contributed by atoms with Gasteiger partial charge in [-0.2, -0.15) is 5.10 Å². The van der Waals surface area contributed by atoms with Gasteiger partial charge in [-0.25, -0.2) is 4.98 Å². The number of hydrogen-bond donors (Lipinski definition) is 1. The van der Waals surface area contributed by atoms with E-state index in [2.05, 4.69) is 38.3 Å². The zero-order valence-corrected chi connectivity index (χ0v) is 20.8. The van der Waals surface area contributed by atoms with Crippen LogP contribution in [0, 0.1) is 5.41 Å². The molecule has 1 saturated heterocycles. The van der Waals surface area contributed by atoms with Crippen LogP contribution in [0.25, 0.3) is 10.9 Å². The first-order valence-electron chi connectivity index (χ1n) is 11.7. The Morgan fingerprint density at radius 2 is 2.12 bits per heavy atom. The summed E-state index contributed by atoms with van der Waals surface area (Å²) in [7, 11) is 0. The first kappa shape index (κ1) is 21.6. The summed E-state index contributed by atoms with van der Waals surface area (Å²) < 4.78 is 8.61. The number of pyridine rings is 1. The summed E-state index contributed by atoms with van der Waals surface area (Å²) in [6.07, 6.45) is 2.65. The molecular weight excluding hydrogens is 498 g/mol. The Labute approximate surface area is 205 Å². The van der Waals surface area contributed by atoms with Crippen LogP contribution >= 0.6 is 15.9 Å². The summed E-state index contributed by atoms with van der Waals surface area (Å²) in [5.74, 6) is 1.29. The summed E-state index contributed by atoms with van der Waals surface area (Å²) in [5.41, 5.74) is 2.28. The van der Waals surface area contributed by atoms with Gasteiger partial charge < -0.3 is 15.0 Å². The van der Waals surface area contributed by atoms with Crippen LogP contribution in [0.1, 0.15) is 42.7 Å². The zero-order chi connectivity index (χ0) is 23.6. The smallest absolute Gasteiger partial charge is 0.244 e. The van der Waals surface area contributed by atoms with E-state index in [9.17, 15) is 9.59 Å². The molecule has 2 bridgehead atoms. The van der Waals surface area contributed by atoms with Crippen molar-refractivity contribution in [2.24, 2.45) is 5.41 Å². The number of ether oxygens (including phenoxy) is 1. The van der Waals surface area contributed by atoms with Crippen LogP contribution in [-0.4, -0.2) is 56.6 Å². The lowest BCUT2D eigenvalue weighted by Crippen LogP contribution is -2.44. The van der Waals surface area contributed by atoms with Crippen LogP contribution in [0.5, 0.6) is 5.75 Å². The number of nitrogens with one attached hydrogen (secondary N) is 1. The highest BCUT2D eigenvalue weighted by Crippen LogP contribution is 2.59. The SMILES string of the molecule is CC(=O)c1nn2c3c(cccc13)OCCc1ccc(nc1Br)NCC1CC3(C)CC3N1C(=O)C2. The molecule has 176 valence electrons. The van der Waals surface area contributed by atoms with Crippen molar-refractivity contribution in [1.29, 1.82) is 0 Å². The minimum Gasteiger partial charge on any atom is -0.491 e. The van der Waals surface area contributed by atoms with Crippen molar-refractivity contribution in [3.05, 3.63) is 46.2 Å². The van der Waals surface area contributed by atoms with Crippen molar-refractivity contribution in [1.82, 2.24) is 19.7 Å². The highest BCUT2D eigenvalue weighted by molar-refractivity contribution is 9.10. The molecule has 34 heavy (non-hydrogen) atoms. The quantitative estimate of drug-likeness (QED) is 0.385. The van der Waals surface area contributed by atoms with E-state index in [1.54, 1.807) is 4.68 Å². The normalized spacial score (nSPS) is 26.1. The van der Waals surface area contributed by atoms with Crippen LogP contribution in [0.3, 0.4) is 0 Å². The minimum atomic E-state index is -0.132. The van der Waals surface area contributed by atoms with Crippen LogP contribution in [0.15, 0.2) is 34.9 Å². The van der Waals surface area contributed by atoms with E-state index in [0.29, 0.717) is 41.9 Å². The number of fused-ring (bicyclic) bond motifs is 7. The summed E-state index contributed by atoms with van der Waals surface area (Å²) in [6, 6.07) is 9.95. The largest absolute Gasteiger partial charge is 0.491 e. The number of halogens is 1. The van der Waals surface area contributed by atoms with E-state index in [1.165, 1.54) is 6.92 Å². The molecule has 0 radical (unpaired) electrons. The third kappa shape index (κ3) is 3.48. The van der Waals surface area contributed by atoms with Crippen LogP contribution in [0.4, 0.5) is 5.82 Å². The Hall–Kier alpha value is -2.94. The number of hydrogen-bond acceptors (Lipinski definition) is 6. The second kappa shape index (κ2) is 7.80. The molecule has 3 atom stereocenters. The van der Waals surface area contributed by atoms with Gasteiger partial charge in [0, 0.05) is 37.4 Å². The lowest BCUT2D eigenvalue weighted by atomic mass is 10.0. The molecular formula is C25H26BrN5O3. The number of carbonyl (C=O) groups excluding carboxylic acids is 2. The molecule has 2 aromatic heterocycles. The Bertz CT molecular complexity index is 1340. The number of nitrogens with zero attached hydrogens (tertiary/aromatic N) is 4. The van der Waals surface area contributed by atoms with Crippen LogP contribution < -0.4 is 10.1 Å².